The van der Waals surface area contributed by atoms with E-state index in [1.54, 1.807) is 0 Å². The highest BCUT2D eigenvalue weighted by Gasteiger charge is 2.07. The number of nitrogens with one attached hydrogen (secondary N) is 1. The Morgan fingerprint density at radius 3 is 2.52 bits per heavy atom. The van der Waals surface area contributed by atoms with Gasteiger partial charge in [-0.1, -0.05) is 36.7 Å². The third-order valence-corrected chi connectivity index (χ3v) is 3.66. The summed E-state index contributed by atoms with van der Waals surface area (Å²) in [4.78, 5) is 0. The van der Waals surface area contributed by atoms with Crippen molar-refractivity contribution in [3.8, 4) is 5.75 Å². The molecule has 1 unspecified atom stereocenters. The van der Waals surface area contributed by atoms with Gasteiger partial charge in [0.25, 0.3) is 0 Å². The van der Waals surface area contributed by atoms with Crippen LogP contribution in [-0.4, -0.2) is 6.61 Å². The molecule has 0 bridgehead atoms. The smallest absolute Gasteiger partial charge is 0.119 e. The van der Waals surface area contributed by atoms with E-state index in [0.29, 0.717) is 0 Å². The minimum atomic E-state index is 0.211. The Morgan fingerprint density at radius 2 is 1.86 bits per heavy atom. The van der Waals surface area contributed by atoms with E-state index in [0.717, 1.165) is 29.5 Å². The van der Waals surface area contributed by atoms with Crippen molar-refractivity contribution >= 4 is 17.3 Å². The van der Waals surface area contributed by atoms with Crippen molar-refractivity contribution < 1.29 is 4.74 Å². The summed E-state index contributed by atoms with van der Waals surface area (Å²) in [6.07, 6.45) is 1.02. The first-order valence-electron chi connectivity index (χ1n) is 7.35. The number of aryl methyl sites for hydroxylation is 1. The number of anilines is 1. The summed E-state index contributed by atoms with van der Waals surface area (Å²) in [6.45, 7) is 7.08. The van der Waals surface area contributed by atoms with Gasteiger partial charge in [0.05, 0.1) is 6.61 Å². The van der Waals surface area contributed by atoms with E-state index in [2.05, 4.69) is 38.2 Å². The van der Waals surface area contributed by atoms with Crippen LogP contribution >= 0.6 is 11.6 Å². The molecule has 0 aliphatic rings. The summed E-state index contributed by atoms with van der Waals surface area (Å²) in [5, 5.41) is 4.25. The zero-order valence-electron chi connectivity index (χ0n) is 12.8. The van der Waals surface area contributed by atoms with Crippen LogP contribution < -0.4 is 10.1 Å². The van der Waals surface area contributed by atoms with Crippen LogP contribution in [0, 0.1) is 6.92 Å². The largest absolute Gasteiger partial charge is 0.494 e. The van der Waals surface area contributed by atoms with E-state index in [1.165, 1.54) is 11.1 Å². The van der Waals surface area contributed by atoms with E-state index < -0.39 is 0 Å². The molecule has 2 nitrogen and oxygen atoms in total. The lowest BCUT2D eigenvalue weighted by Crippen LogP contribution is -2.07. The van der Waals surface area contributed by atoms with E-state index >= 15 is 0 Å². The van der Waals surface area contributed by atoms with Gasteiger partial charge >= 0.3 is 0 Å². The fourth-order valence-corrected chi connectivity index (χ4v) is 2.31. The van der Waals surface area contributed by atoms with Crippen LogP contribution in [0.3, 0.4) is 0 Å². The summed E-state index contributed by atoms with van der Waals surface area (Å²) >= 11 is 6.06. The second kappa shape index (κ2) is 7.37. The zero-order chi connectivity index (χ0) is 15.2. The number of hydrogen-bond donors (Lipinski definition) is 1. The third kappa shape index (κ3) is 4.40. The summed E-state index contributed by atoms with van der Waals surface area (Å²) in [7, 11) is 0. The van der Waals surface area contributed by atoms with E-state index in [1.807, 2.05) is 30.3 Å². The van der Waals surface area contributed by atoms with E-state index in [9.17, 15) is 0 Å². The van der Waals surface area contributed by atoms with Crippen LogP contribution in [0.15, 0.2) is 42.5 Å². The molecule has 2 aromatic carbocycles. The SMILES string of the molecule is CCCOc1ccc(C(C)Nc2cc(Cl)ccc2C)cc1. The monoisotopic (exact) mass is 303 g/mol. The van der Waals surface area contributed by atoms with Gasteiger partial charge in [0.1, 0.15) is 5.75 Å². The van der Waals surface area contributed by atoms with Crippen molar-refractivity contribution in [1.29, 1.82) is 0 Å². The minimum Gasteiger partial charge on any atom is -0.494 e. The lowest BCUT2D eigenvalue weighted by atomic mass is 10.1. The van der Waals surface area contributed by atoms with Gasteiger partial charge in [-0.05, 0) is 55.7 Å². The van der Waals surface area contributed by atoms with Crippen LogP contribution in [0.5, 0.6) is 5.75 Å². The van der Waals surface area contributed by atoms with Crippen LogP contribution in [0.25, 0.3) is 0 Å². The average Bonchev–Trinajstić information content (AvgIpc) is 2.49. The molecular weight excluding hydrogens is 282 g/mol. The molecule has 21 heavy (non-hydrogen) atoms. The Balaban J connectivity index is 2.05. The van der Waals surface area contributed by atoms with Gasteiger partial charge in [-0.2, -0.15) is 0 Å². The lowest BCUT2D eigenvalue weighted by Gasteiger charge is -2.18. The highest BCUT2D eigenvalue weighted by atomic mass is 35.5. The average molecular weight is 304 g/mol. The van der Waals surface area contributed by atoms with E-state index in [4.69, 9.17) is 16.3 Å². The molecule has 0 fully saturated rings. The summed E-state index contributed by atoms with van der Waals surface area (Å²) < 4.78 is 5.61. The molecule has 2 rings (SSSR count). The molecule has 0 radical (unpaired) electrons. The predicted molar refractivity (Wildman–Crippen MR) is 90.5 cm³/mol. The molecule has 0 saturated carbocycles. The van der Waals surface area contributed by atoms with Crippen molar-refractivity contribution in [3.63, 3.8) is 0 Å². The van der Waals surface area contributed by atoms with Crippen LogP contribution in [0.1, 0.15) is 37.4 Å². The Bertz CT molecular complexity index is 580. The topological polar surface area (TPSA) is 21.3 Å². The molecule has 0 amide bonds. The van der Waals surface area contributed by atoms with Gasteiger partial charge in [-0.15, -0.1) is 0 Å². The predicted octanol–water partition coefficient (Wildman–Crippen LogP) is 5.61. The van der Waals surface area contributed by atoms with Gasteiger partial charge in [-0.3, -0.25) is 0 Å². The minimum absolute atomic E-state index is 0.211. The molecule has 3 heteroatoms. The van der Waals surface area contributed by atoms with E-state index in [-0.39, 0.29) is 6.04 Å². The quantitative estimate of drug-likeness (QED) is 0.749. The van der Waals surface area contributed by atoms with Gasteiger partial charge in [0.2, 0.25) is 0 Å². The van der Waals surface area contributed by atoms with Crippen LogP contribution in [0.2, 0.25) is 5.02 Å². The number of hydrogen-bond acceptors (Lipinski definition) is 2. The van der Waals surface area contributed by atoms with Crippen LogP contribution in [-0.2, 0) is 0 Å². The first kappa shape index (κ1) is 15.7. The first-order chi connectivity index (χ1) is 10.1. The zero-order valence-corrected chi connectivity index (χ0v) is 13.6. The number of rotatable bonds is 6. The fourth-order valence-electron chi connectivity index (χ4n) is 2.14. The summed E-state index contributed by atoms with van der Waals surface area (Å²) in [5.41, 5.74) is 3.48. The molecule has 0 spiro atoms. The Morgan fingerprint density at radius 1 is 1.14 bits per heavy atom. The van der Waals surface area contributed by atoms with Gasteiger partial charge in [-0.25, -0.2) is 0 Å². The number of halogens is 1. The Hall–Kier alpha value is -1.67. The number of benzene rings is 2. The van der Waals surface area contributed by atoms with Crippen LogP contribution in [0.4, 0.5) is 5.69 Å². The second-order valence-electron chi connectivity index (χ2n) is 5.24. The van der Waals surface area contributed by atoms with Crippen molar-refractivity contribution in [1.82, 2.24) is 0 Å². The lowest BCUT2D eigenvalue weighted by molar-refractivity contribution is 0.317. The first-order valence-corrected chi connectivity index (χ1v) is 7.73. The maximum absolute atomic E-state index is 6.06. The molecule has 0 aliphatic heterocycles. The van der Waals surface area contributed by atoms with Gasteiger partial charge in [0.15, 0.2) is 0 Å². The molecular formula is C18H22ClNO. The fraction of sp³-hybridized carbons (Fsp3) is 0.333. The standard InChI is InChI=1S/C18H22ClNO/c1-4-11-21-17-9-6-15(7-10-17)14(3)20-18-12-16(19)8-5-13(18)2/h5-10,12,14,20H,4,11H2,1-3H3. The van der Waals surface area contributed by atoms with Crippen molar-refractivity contribution in [2.75, 3.05) is 11.9 Å². The summed E-state index contributed by atoms with van der Waals surface area (Å²) in [6, 6.07) is 14.4. The number of ether oxygens (including phenoxy) is 1. The third-order valence-electron chi connectivity index (χ3n) is 3.42. The van der Waals surface area contributed by atoms with Gasteiger partial charge < -0.3 is 10.1 Å². The highest BCUT2D eigenvalue weighted by Crippen LogP contribution is 2.26. The molecule has 1 atom stereocenters. The normalized spacial score (nSPS) is 12.0. The Kier molecular flexibility index (Phi) is 5.51. The maximum Gasteiger partial charge on any atom is 0.119 e. The molecule has 0 aromatic heterocycles. The second-order valence-corrected chi connectivity index (χ2v) is 5.68. The highest BCUT2D eigenvalue weighted by molar-refractivity contribution is 6.30. The maximum atomic E-state index is 6.06. The van der Waals surface area contributed by atoms with Crippen molar-refractivity contribution in [2.45, 2.75) is 33.2 Å². The molecule has 112 valence electrons. The Labute approximate surface area is 132 Å². The summed E-state index contributed by atoms with van der Waals surface area (Å²) in [5.74, 6) is 0.923. The van der Waals surface area contributed by atoms with Gasteiger partial charge in [0, 0.05) is 16.8 Å². The molecule has 0 heterocycles. The molecule has 2 aromatic rings. The van der Waals surface area contributed by atoms with Crippen molar-refractivity contribution in [3.05, 3.63) is 58.6 Å². The van der Waals surface area contributed by atoms with Crippen molar-refractivity contribution in [2.24, 2.45) is 0 Å². The molecule has 0 saturated heterocycles. The molecule has 1 N–H and O–H groups in total. The molecule has 0 aliphatic carbocycles.